The molecule has 0 saturated heterocycles. The number of nitrogens with zero attached hydrogens (tertiary/aromatic N) is 1. The number of methoxy groups -OCH3 is 2. The monoisotopic (exact) mass is 259 g/mol. The summed E-state index contributed by atoms with van der Waals surface area (Å²) >= 11 is 0. The lowest BCUT2D eigenvalue weighted by Gasteiger charge is -2.20. The molecule has 0 spiro atoms. The molecule has 4 heteroatoms. The predicted octanol–water partition coefficient (Wildman–Crippen LogP) is 2.58. The summed E-state index contributed by atoms with van der Waals surface area (Å²) in [5.41, 5.74) is 2.05. The summed E-state index contributed by atoms with van der Waals surface area (Å²) in [5, 5.41) is 0. The van der Waals surface area contributed by atoms with E-state index in [9.17, 15) is 0 Å². The zero-order chi connectivity index (χ0) is 13.1. The summed E-state index contributed by atoms with van der Waals surface area (Å²) in [6.45, 7) is 7.48. The van der Waals surface area contributed by atoms with Crippen LogP contribution in [0, 0.1) is 0 Å². The second-order valence-corrected chi connectivity index (χ2v) is 6.84. The minimum Gasteiger partial charge on any atom is -0.360 e. The maximum absolute atomic E-state index is 5.33. The van der Waals surface area contributed by atoms with Gasteiger partial charge in [-0.05, 0) is 25.3 Å². The van der Waals surface area contributed by atoms with Crippen LogP contribution in [0.3, 0.4) is 0 Å². The van der Waals surface area contributed by atoms with Crippen LogP contribution < -0.4 is 0 Å². The van der Waals surface area contributed by atoms with Crippen LogP contribution in [0.5, 0.6) is 0 Å². The lowest BCUT2D eigenvalue weighted by Crippen LogP contribution is -2.25. The minimum atomic E-state index is -0.337. The number of ether oxygens (including phenoxy) is 2. The van der Waals surface area contributed by atoms with Crippen molar-refractivity contribution in [1.29, 1.82) is 0 Å². The van der Waals surface area contributed by atoms with E-state index in [4.69, 9.17) is 9.47 Å². The standard InChI is InChI=1S/C13H29NO2Si/c1-6-8-12(17-13(15-4)16-5)9-10-14-11(3)7-2/h12-13H,6-10,17H2,1-5H3. The first-order valence-corrected chi connectivity index (χ1v) is 8.36. The average Bonchev–Trinajstić information content (AvgIpc) is 2.35. The Hall–Kier alpha value is -0.193. The largest absolute Gasteiger partial charge is 0.360 e. The van der Waals surface area contributed by atoms with Crippen molar-refractivity contribution < 1.29 is 9.47 Å². The minimum absolute atomic E-state index is 0.0720. The molecule has 0 rings (SSSR count). The van der Waals surface area contributed by atoms with Crippen molar-refractivity contribution in [2.75, 3.05) is 20.8 Å². The molecule has 0 aliphatic heterocycles. The molecule has 0 saturated carbocycles. The number of hydrogen-bond acceptors (Lipinski definition) is 3. The Morgan fingerprint density at radius 2 is 1.82 bits per heavy atom. The first-order valence-electron chi connectivity index (χ1n) is 6.73. The van der Waals surface area contributed by atoms with E-state index in [-0.39, 0.29) is 15.4 Å². The molecular weight excluding hydrogens is 230 g/mol. The van der Waals surface area contributed by atoms with Gasteiger partial charge in [0.05, 0.1) is 9.52 Å². The van der Waals surface area contributed by atoms with Crippen LogP contribution in [0.15, 0.2) is 4.99 Å². The summed E-state index contributed by atoms with van der Waals surface area (Å²) in [6, 6.07) is 0. The third-order valence-electron chi connectivity index (χ3n) is 3.18. The molecule has 0 amide bonds. The third kappa shape index (κ3) is 8.52. The molecule has 0 heterocycles. The van der Waals surface area contributed by atoms with Crippen molar-refractivity contribution in [2.24, 2.45) is 4.99 Å². The van der Waals surface area contributed by atoms with Gasteiger partial charge in [0.25, 0.3) is 0 Å². The van der Waals surface area contributed by atoms with Gasteiger partial charge in [-0.1, -0.05) is 26.7 Å². The Morgan fingerprint density at radius 1 is 1.18 bits per heavy atom. The molecule has 17 heavy (non-hydrogen) atoms. The highest BCUT2D eigenvalue weighted by molar-refractivity contribution is 6.38. The molecule has 0 fully saturated rings. The van der Waals surface area contributed by atoms with Gasteiger partial charge in [-0.25, -0.2) is 0 Å². The zero-order valence-corrected chi connectivity index (χ0v) is 13.6. The summed E-state index contributed by atoms with van der Waals surface area (Å²) in [6.07, 6.45) is 4.79. The lowest BCUT2D eigenvalue weighted by atomic mass is 10.2. The number of hydrogen-bond donors (Lipinski definition) is 0. The third-order valence-corrected chi connectivity index (χ3v) is 5.71. The van der Waals surface area contributed by atoms with Gasteiger partial charge in [-0.2, -0.15) is 0 Å². The molecule has 0 radical (unpaired) electrons. The van der Waals surface area contributed by atoms with Gasteiger partial charge in [0, 0.05) is 26.5 Å². The topological polar surface area (TPSA) is 30.8 Å². The maximum Gasteiger partial charge on any atom is 0.134 e. The molecule has 1 unspecified atom stereocenters. The summed E-state index contributed by atoms with van der Waals surface area (Å²) < 4.78 is 10.7. The van der Waals surface area contributed by atoms with Crippen LogP contribution in [0.4, 0.5) is 0 Å². The van der Waals surface area contributed by atoms with Gasteiger partial charge >= 0.3 is 0 Å². The first-order chi connectivity index (χ1) is 8.17. The van der Waals surface area contributed by atoms with Crippen molar-refractivity contribution in [3.63, 3.8) is 0 Å². The maximum atomic E-state index is 5.33. The molecule has 0 aliphatic rings. The van der Waals surface area contributed by atoms with E-state index in [0.29, 0.717) is 0 Å². The fourth-order valence-corrected chi connectivity index (χ4v) is 3.89. The van der Waals surface area contributed by atoms with Crippen LogP contribution in [0.1, 0.15) is 46.5 Å². The second kappa shape index (κ2) is 10.9. The van der Waals surface area contributed by atoms with Crippen molar-refractivity contribution in [2.45, 2.75) is 57.9 Å². The van der Waals surface area contributed by atoms with Crippen LogP contribution in [0.25, 0.3) is 0 Å². The highest BCUT2D eigenvalue weighted by Gasteiger charge is 2.15. The Kier molecular flexibility index (Phi) is 10.8. The van der Waals surface area contributed by atoms with Gasteiger partial charge in [-0.15, -0.1) is 0 Å². The molecule has 0 N–H and O–H groups in total. The van der Waals surface area contributed by atoms with E-state index in [2.05, 4.69) is 25.8 Å². The highest BCUT2D eigenvalue weighted by atomic mass is 28.2. The first kappa shape index (κ1) is 16.8. The summed E-state index contributed by atoms with van der Waals surface area (Å²) in [7, 11) is 3.14. The molecule has 1 atom stereocenters. The van der Waals surface area contributed by atoms with Crippen LogP contribution in [-0.4, -0.2) is 41.9 Å². The molecule has 0 aromatic carbocycles. The molecule has 0 aliphatic carbocycles. The number of rotatable bonds is 10. The zero-order valence-electron chi connectivity index (χ0n) is 12.2. The Labute approximate surface area is 109 Å². The smallest absolute Gasteiger partial charge is 0.134 e. The molecule has 0 aromatic rings. The Balaban J connectivity index is 4.05. The summed E-state index contributed by atoms with van der Waals surface area (Å²) in [4.78, 5) is 4.58. The van der Waals surface area contributed by atoms with E-state index < -0.39 is 0 Å². The van der Waals surface area contributed by atoms with Gasteiger partial charge in [0.1, 0.15) is 5.91 Å². The van der Waals surface area contributed by atoms with E-state index in [1.54, 1.807) is 14.2 Å². The molecule has 0 bridgehead atoms. The second-order valence-electron chi connectivity index (χ2n) is 4.55. The van der Waals surface area contributed by atoms with Gasteiger partial charge in [0.15, 0.2) is 0 Å². The van der Waals surface area contributed by atoms with Crippen molar-refractivity contribution >= 4 is 15.2 Å². The van der Waals surface area contributed by atoms with E-state index in [0.717, 1.165) is 18.5 Å². The highest BCUT2D eigenvalue weighted by Crippen LogP contribution is 2.19. The van der Waals surface area contributed by atoms with E-state index in [1.807, 2.05) is 0 Å². The van der Waals surface area contributed by atoms with Gasteiger partial charge < -0.3 is 9.47 Å². The van der Waals surface area contributed by atoms with Crippen LogP contribution in [0.2, 0.25) is 5.54 Å². The fourth-order valence-electron chi connectivity index (χ4n) is 1.90. The molecule has 102 valence electrons. The van der Waals surface area contributed by atoms with Crippen LogP contribution in [-0.2, 0) is 9.47 Å². The van der Waals surface area contributed by atoms with Crippen molar-refractivity contribution in [1.82, 2.24) is 0 Å². The Bertz CT molecular complexity index is 206. The summed E-state index contributed by atoms with van der Waals surface area (Å²) in [5.74, 6) is 0.0720. The van der Waals surface area contributed by atoms with Crippen molar-refractivity contribution in [3.05, 3.63) is 0 Å². The molecular formula is C13H29NO2Si. The van der Waals surface area contributed by atoms with Crippen molar-refractivity contribution in [3.8, 4) is 0 Å². The van der Waals surface area contributed by atoms with E-state index >= 15 is 0 Å². The van der Waals surface area contributed by atoms with Gasteiger partial charge in [0.2, 0.25) is 0 Å². The predicted molar refractivity (Wildman–Crippen MR) is 77.9 cm³/mol. The van der Waals surface area contributed by atoms with E-state index in [1.165, 1.54) is 25.0 Å². The number of aliphatic imine (C=N–C) groups is 1. The average molecular weight is 259 g/mol. The normalized spacial score (nSPS) is 15.1. The quantitative estimate of drug-likeness (QED) is 0.343. The lowest BCUT2D eigenvalue weighted by molar-refractivity contribution is -0.0449. The fraction of sp³-hybridized carbons (Fsp3) is 0.923. The molecule has 0 aromatic heterocycles. The Morgan fingerprint density at radius 3 is 2.29 bits per heavy atom. The molecule has 3 nitrogen and oxygen atoms in total. The van der Waals surface area contributed by atoms with Crippen LogP contribution >= 0.6 is 0 Å². The van der Waals surface area contributed by atoms with Gasteiger partial charge in [-0.3, -0.25) is 4.99 Å². The SMILES string of the molecule is CCCC(CCN=C(C)CC)[SiH2]C(OC)OC.